The van der Waals surface area contributed by atoms with Crippen LogP contribution in [0.3, 0.4) is 0 Å². The van der Waals surface area contributed by atoms with Crippen molar-refractivity contribution in [3.63, 3.8) is 0 Å². The van der Waals surface area contributed by atoms with Crippen LogP contribution in [-0.2, 0) is 42.8 Å². The van der Waals surface area contributed by atoms with Crippen LogP contribution in [0.25, 0.3) is 0 Å². The first-order valence-corrected chi connectivity index (χ1v) is 41.2. The maximum absolute atomic E-state index is 14.5. The van der Waals surface area contributed by atoms with E-state index in [1.807, 2.05) is 80.5 Å². The molecular weight excluding hydrogens is 1460 g/mol. The number of carbonyl (C=O) groups excluding carboxylic acids is 3. The Morgan fingerprint density at radius 1 is 0.619 bits per heavy atom. The van der Waals surface area contributed by atoms with Gasteiger partial charge >= 0.3 is 11.9 Å². The molecule has 0 bridgehead atoms. The highest BCUT2D eigenvalue weighted by atomic mass is 16.8. The van der Waals surface area contributed by atoms with E-state index in [2.05, 4.69) is 29.8 Å². The normalized spacial score (nSPS) is 25.5. The summed E-state index contributed by atoms with van der Waals surface area (Å²) in [6.07, 6.45) is 2.82. The lowest BCUT2D eigenvalue weighted by atomic mass is 9.80. The highest BCUT2D eigenvalue weighted by molar-refractivity contribution is 5.98. The standard InChI is InChI=1S/C84H131N5O24/c1-8-10-12-14-16-18-20-22-23-25-27-29-31-33-35-37-68(96)87-60(61(93)36-34-32-30-28-26-24-21-19-17-15-13-11-9-2)51-107-81-74(100)73(99)76(67(50-91)110-81)111-82-75(101)78(113-84(83(105)106)47-62(94)70(86-52(3)92)77(112-84)71(97)63(95)49-90)72(98)66(109-82)48-85-79(102)53-38-41-56(59(44-53)80(103)104)69-57-42-39-54(88(4)5)45-64(57)108-65-46-55(89(6)7)40-43-58(65)69/h34,36,38-46,60-63,66-67,69-78,81-82,90-91,93-95,97-101H,8-33,35,37,47-51H2,1-7H3,(H,85,102)(H,86,92)(H,87,96)(H,103,104)(H,105,106)/b36-34+/t60-,61+,62-,63+,66+,67+,70+,71+,72-,73+,74+,75+,76+,77+,78-,81+,82-,84-/m0/s1. The minimum Gasteiger partial charge on any atom is -0.478 e. The van der Waals surface area contributed by atoms with E-state index in [1.165, 1.54) is 121 Å². The van der Waals surface area contributed by atoms with Crippen LogP contribution in [0, 0.1) is 0 Å². The second kappa shape index (κ2) is 47.7. The van der Waals surface area contributed by atoms with Crippen molar-refractivity contribution >= 4 is 41.0 Å². The van der Waals surface area contributed by atoms with Gasteiger partial charge in [-0.2, -0.15) is 0 Å². The SMILES string of the molecule is CCCCCCCCCCCCC/C=C/[C@@H](O)[C@H](CO[C@@H]1O[C@H](CO)[C@@H](O[C@@H]2O[C@H](CNC(=O)c3ccc(C4c5ccc(N(C)C)cc5Oc5cc(N(C)C)ccc54)c(C(=O)O)c3)[C@H](O)[C@H](O[C@]3(C(=O)O)C[C@H](O)[C@@H](NC(C)=O)[C@H]([C@H](O)[C@H](O)CO)O3)[C@H]2O)[C@H](O)[C@H]1O)NC(=O)CCCCCCCCCCCCCCCCC. The Labute approximate surface area is 665 Å². The third kappa shape index (κ3) is 27.3. The Hall–Kier alpha value is -6.49. The molecule has 0 radical (unpaired) electrons. The number of allylic oxidation sites excluding steroid dienone is 1. The third-order valence-corrected chi connectivity index (χ3v) is 22.0. The predicted molar refractivity (Wildman–Crippen MR) is 423 cm³/mol. The van der Waals surface area contributed by atoms with Crippen LogP contribution >= 0.6 is 0 Å². The van der Waals surface area contributed by atoms with Crippen molar-refractivity contribution in [2.75, 3.05) is 64.4 Å². The molecular formula is C84H131N5O24. The smallest absolute Gasteiger partial charge is 0.364 e. The molecule has 4 aliphatic rings. The van der Waals surface area contributed by atoms with Crippen LogP contribution in [0.15, 0.2) is 66.7 Å². The van der Waals surface area contributed by atoms with Crippen molar-refractivity contribution in [3.05, 3.63) is 94.6 Å². The number of benzene rings is 3. The van der Waals surface area contributed by atoms with Gasteiger partial charge in [-0.1, -0.05) is 198 Å². The van der Waals surface area contributed by atoms with Crippen molar-refractivity contribution in [3.8, 4) is 11.5 Å². The van der Waals surface area contributed by atoms with E-state index < -0.39 is 172 Å². The molecule has 4 aliphatic heterocycles. The van der Waals surface area contributed by atoms with Gasteiger partial charge in [0.1, 0.15) is 78.6 Å². The zero-order valence-corrected chi connectivity index (χ0v) is 67.2. The summed E-state index contributed by atoms with van der Waals surface area (Å²) in [5.41, 5.74) is 2.69. The average Bonchev–Trinajstić information content (AvgIpc) is 0.747. The Kier molecular flexibility index (Phi) is 39.5. The van der Waals surface area contributed by atoms with Crippen LogP contribution in [0.4, 0.5) is 11.4 Å². The molecule has 3 amide bonds. The van der Waals surface area contributed by atoms with Gasteiger partial charge in [-0.05, 0) is 49.1 Å². The largest absolute Gasteiger partial charge is 0.478 e. The number of aliphatic carboxylic acids is 1. The number of unbranched alkanes of at least 4 members (excludes halogenated alkanes) is 25. The van der Waals surface area contributed by atoms with Gasteiger partial charge in [0.25, 0.3) is 11.7 Å². The molecule has 636 valence electrons. The maximum Gasteiger partial charge on any atom is 0.364 e. The lowest BCUT2D eigenvalue weighted by molar-refractivity contribution is -0.384. The van der Waals surface area contributed by atoms with Crippen LogP contribution in [-0.4, -0.2) is 255 Å². The number of nitrogens with one attached hydrogen (secondary N) is 3. The van der Waals surface area contributed by atoms with E-state index in [-0.39, 0.29) is 23.5 Å². The number of aromatic carboxylic acids is 1. The number of carbonyl (C=O) groups is 5. The molecule has 3 aromatic carbocycles. The summed E-state index contributed by atoms with van der Waals surface area (Å²) in [5, 5.41) is 144. The van der Waals surface area contributed by atoms with Gasteiger partial charge in [-0.3, -0.25) is 14.4 Å². The number of nitrogens with zero attached hydrogens (tertiary/aromatic N) is 2. The third-order valence-electron chi connectivity index (χ3n) is 22.0. The number of ether oxygens (including phenoxy) is 7. The molecule has 0 saturated carbocycles. The summed E-state index contributed by atoms with van der Waals surface area (Å²) in [6, 6.07) is 12.3. The van der Waals surface area contributed by atoms with Crippen molar-refractivity contribution in [1.29, 1.82) is 0 Å². The number of rotatable bonds is 51. The highest BCUT2D eigenvalue weighted by Gasteiger charge is 2.60. The van der Waals surface area contributed by atoms with Crippen molar-refractivity contribution < 1.29 is 118 Å². The minimum atomic E-state index is -3.23. The van der Waals surface area contributed by atoms with Crippen molar-refractivity contribution in [1.82, 2.24) is 16.0 Å². The monoisotopic (exact) mass is 1590 g/mol. The molecule has 29 nitrogen and oxygen atoms in total. The Morgan fingerprint density at radius 3 is 1.65 bits per heavy atom. The zero-order valence-electron chi connectivity index (χ0n) is 67.2. The van der Waals surface area contributed by atoms with Gasteiger partial charge in [-0.15, -0.1) is 0 Å². The fourth-order valence-electron chi connectivity index (χ4n) is 15.3. The summed E-state index contributed by atoms with van der Waals surface area (Å²) >= 11 is 0. The van der Waals surface area contributed by atoms with E-state index in [9.17, 15) is 85.3 Å². The number of hydrogen-bond acceptors (Lipinski definition) is 24. The molecule has 0 unspecified atom stereocenters. The van der Waals surface area contributed by atoms with E-state index in [4.69, 9.17) is 33.2 Å². The van der Waals surface area contributed by atoms with Crippen molar-refractivity contribution in [2.45, 2.75) is 323 Å². The van der Waals surface area contributed by atoms with Crippen molar-refractivity contribution in [2.24, 2.45) is 0 Å². The molecule has 7 rings (SSSR count). The Morgan fingerprint density at radius 2 is 1.14 bits per heavy atom. The number of carboxylic acids is 2. The fourth-order valence-corrected chi connectivity index (χ4v) is 15.3. The number of aliphatic hydroxyl groups excluding tert-OH is 10. The fraction of sp³-hybridized carbons (Fsp3) is 0.702. The molecule has 3 aromatic rings. The first kappa shape index (κ1) is 93.7. The molecule has 18 atom stereocenters. The van der Waals surface area contributed by atoms with Gasteiger partial charge < -0.3 is 120 Å². The average molecular weight is 1590 g/mol. The first-order chi connectivity index (χ1) is 54.2. The lowest BCUT2D eigenvalue weighted by Gasteiger charge is -2.50. The van der Waals surface area contributed by atoms with Gasteiger partial charge in [0.2, 0.25) is 11.8 Å². The van der Waals surface area contributed by atoms with E-state index in [0.717, 1.165) is 75.7 Å². The first-order valence-electron chi connectivity index (χ1n) is 41.2. The van der Waals surface area contributed by atoms with Gasteiger partial charge in [-0.25, -0.2) is 9.59 Å². The van der Waals surface area contributed by atoms with Crippen LogP contribution in [0.5, 0.6) is 11.5 Å². The lowest BCUT2D eigenvalue weighted by Crippen LogP contribution is -2.71. The molecule has 0 spiro atoms. The van der Waals surface area contributed by atoms with Gasteiger partial charge in [0.05, 0.1) is 49.7 Å². The highest BCUT2D eigenvalue weighted by Crippen LogP contribution is 2.50. The molecule has 3 saturated heterocycles. The molecule has 0 aliphatic carbocycles. The van der Waals surface area contributed by atoms with E-state index in [1.54, 1.807) is 6.08 Å². The molecule has 4 heterocycles. The predicted octanol–water partition coefficient (Wildman–Crippen LogP) is 7.72. The summed E-state index contributed by atoms with van der Waals surface area (Å²) in [4.78, 5) is 71.4. The molecule has 113 heavy (non-hydrogen) atoms. The Bertz CT molecular complexity index is 3360. The molecule has 0 aromatic heterocycles. The number of hydrogen-bond donors (Lipinski definition) is 15. The summed E-state index contributed by atoms with van der Waals surface area (Å²) in [5.74, 6) is -8.59. The zero-order chi connectivity index (χ0) is 82.3. The number of anilines is 2. The summed E-state index contributed by atoms with van der Waals surface area (Å²) in [6.45, 7) is 2.07. The van der Waals surface area contributed by atoms with Gasteiger partial charge in [0, 0.05) is 101 Å². The number of fused-ring (bicyclic) bond motifs is 2. The maximum atomic E-state index is 14.5. The topological polar surface area (TPSA) is 435 Å². The summed E-state index contributed by atoms with van der Waals surface area (Å²) < 4.78 is 42.8. The molecule has 15 N–H and O–H groups in total. The second-order valence-corrected chi connectivity index (χ2v) is 31.3. The van der Waals surface area contributed by atoms with E-state index >= 15 is 0 Å². The van der Waals surface area contributed by atoms with E-state index in [0.29, 0.717) is 41.0 Å². The molecule has 3 fully saturated rings. The molecule has 29 heteroatoms. The van der Waals surface area contributed by atoms with Crippen LogP contribution in [0.2, 0.25) is 0 Å². The number of amides is 3. The van der Waals surface area contributed by atoms with Crippen LogP contribution in [0.1, 0.15) is 250 Å². The number of carboxylic acid groups (broad SMARTS) is 2. The number of aliphatic hydroxyl groups is 10. The van der Waals surface area contributed by atoms with Gasteiger partial charge in [0.15, 0.2) is 12.6 Å². The Balaban J connectivity index is 1.09. The summed E-state index contributed by atoms with van der Waals surface area (Å²) in [7, 11) is 7.45. The quantitative estimate of drug-likeness (QED) is 0.0148. The minimum absolute atomic E-state index is 0.160. The second-order valence-electron chi connectivity index (χ2n) is 31.3. The van der Waals surface area contributed by atoms with Crippen LogP contribution < -0.4 is 30.5 Å².